The smallest absolute Gasteiger partial charge is 0.220 e. The molecule has 1 amide bonds. The average molecular weight is 1000 g/mol. The molecule has 2 aliphatic heterocycles. The zero-order chi connectivity index (χ0) is 51.0. The molecule has 0 aliphatic carbocycles. The molecule has 2 rings (SSSR count). The molecule has 0 aromatic heterocycles. The van der Waals surface area contributed by atoms with Crippen molar-refractivity contribution in [1.82, 2.24) is 5.32 Å². The molecule has 14 nitrogen and oxygen atoms in total. The van der Waals surface area contributed by atoms with E-state index in [1.54, 1.807) is 6.08 Å². The molecule has 414 valence electrons. The Balaban J connectivity index is 1.74. The number of hydrogen-bond acceptors (Lipinski definition) is 13. The third-order valence-corrected chi connectivity index (χ3v) is 14.5. The fourth-order valence-electron chi connectivity index (χ4n) is 9.76. The zero-order valence-corrected chi connectivity index (χ0v) is 44.3. The second kappa shape index (κ2) is 43.0. The molecule has 0 radical (unpaired) electrons. The monoisotopic (exact) mass is 1000 g/mol. The van der Waals surface area contributed by atoms with Crippen LogP contribution in [0, 0.1) is 0 Å². The lowest BCUT2D eigenvalue weighted by Gasteiger charge is -2.46. The molecular weight excluding hydrogens is 895 g/mol. The second-order valence-corrected chi connectivity index (χ2v) is 20.8. The molecule has 0 saturated carbocycles. The van der Waals surface area contributed by atoms with Gasteiger partial charge in [0.15, 0.2) is 12.6 Å². The highest BCUT2D eigenvalue weighted by molar-refractivity contribution is 5.76. The predicted molar refractivity (Wildman–Crippen MR) is 277 cm³/mol. The van der Waals surface area contributed by atoms with Crippen molar-refractivity contribution < 1.29 is 64.6 Å². The van der Waals surface area contributed by atoms with E-state index in [1.165, 1.54) is 180 Å². The molecular formula is C56H107NO13. The highest BCUT2D eigenvalue weighted by Gasteiger charge is 2.51. The van der Waals surface area contributed by atoms with Gasteiger partial charge in [0.2, 0.25) is 5.91 Å². The van der Waals surface area contributed by atoms with Gasteiger partial charge in [-0.05, 0) is 19.3 Å². The summed E-state index contributed by atoms with van der Waals surface area (Å²) in [6.07, 6.45) is 31.1. The van der Waals surface area contributed by atoms with Crippen molar-refractivity contribution >= 4 is 5.91 Å². The van der Waals surface area contributed by atoms with Gasteiger partial charge in [-0.3, -0.25) is 4.79 Å². The van der Waals surface area contributed by atoms with Gasteiger partial charge in [-0.25, -0.2) is 0 Å². The van der Waals surface area contributed by atoms with Crippen LogP contribution in [-0.4, -0.2) is 140 Å². The molecule has 12 atom stereocenters. The molecule has 9 N–H and O–H groups in total. The van der Waals surface area contributed by atoms with E-state index >= 15 is 0 Å². The first-order chi connectivity index (χ1) is 34.1. The second-order valence-electron chi connectivity index (χ2n) is 20.8. The van der Waals surface area contributed by atoms with Gasteiger partial charge in [0.1, 0.15) is 48.8 Å². The summed E-state index contributed by atoms with van der Waals surface area (Å²) in [4.78, 5) is 13.2. The van der Waals surface area contributed by atoms with E-state index in [2.05, 4.69) is 19.2 Å². The Kier molecular flexibility index (Phi) is 39.9. The Morgan fingerprint density at radius 1 is 0.500 bits per heavy atom. The van der Waals surface area contributed by atoms with E-state index < -0.39 is 86.8 Å². The molecule has 0 aromatic rings. The average Bonchev–Trinajstić information content (AvgIpc) is 3.36. The van der Waals surface area contributed by atoms with E-state index in [1.807, 2.05) is 6.08 Å². The van der Waals surface area contributed by atoms with E-state index in [4.69, 9.17) is 18.9 Å². The maximum absolute atomic E-state index is 13.2. The molecule has 2 fully saturated rings. The molecule has 2 saturated heterocycles. The van der Waals surface area contributed by atoms with Crippen molar-refractivity contribution in [3.63, 3.8) is 0 Å². The molecule has 2 aliphatic rings. The minimum Gasteiger partial charge on any atom is -0.394 e. The standard InChI is InChI=1S/C56H107NO13/c1-3-5-7-9-11-13-15-17-18-19-20-21-22-23-24-25-26-28-30-32-34-36-38-40-48(61)57-44(45(60)39-37-35-33-31-29-27-16-14-12-10-8-6-4-2)43-67-55-53(66)51(64)54(47(42-59)69-55)70-56-52(65)50(63)49(62)46(41-58)68-56/h37,39,44-47,49-56,58-60,62-66H,3-36,38,40-43H2,1-2H3,(H,57,61)/b39-37+/t44-,45+,46?,47?,49+,50-,51+,52?,53?,54+,55+,56-/m0/s1. The van der Waals surface area contributed by atoms with Crippen LogP contribution in [0.2, 0.25) is 0 Å². The van der Waals surface area contributed by atoms with E-state index in [0.29, 0.717) is 6.42 Å². The van der Waals surface area contributed by atoms with Crippen LogP contribution in [0.1, 0.15) is 245 Å². The molecule has 2 heterocycles. The number of nitrogens with one attached hydrogen (secondary N) is 1. The number of carbonyl (C=O) groups excluding carboxylic acids is 1. The van der Waals surface area contributed by atoms with Crippen molar-refractivity contribution in [2.24, 2.45) is 0 Å². The van der Waals surface area contributed by atoms with Crippen molar-refractivity contribution in [3.8, 4) is 0 Å². The molecule has 4 unspecified atom stereocenters. The molecule has 0 spiro atoms. The van der Waals surface area contributed by atoms with Crippen LogP contribution >= 0.6 is 0 Å². The minimum atomic E-state index is -1.78. The Morgan fingerprint density at radius 3 is 1.31 bits per heavy atom. The van der Waals surface area contributed by atoms with Gasteiger partial charge < -0.3 is 65.1 Å². The van der Waals surface area contributed by atoms with E-state index in [9.17, 15) is 45.6 Å². The summed E-state index contributed by atoms with van der Waals surface area (Å²) in [6, 6.07) is -0.908. The third kappa shape index (κ3) is 29.0. The molecule has 14 heteroatoms. The lowest BCUT2D eigenvalue weighted by atomic mass is 9.97. The van der Waals surface area contributed by atoms with Gasteiger partial charge in [-0.1, -0.05) is 231 Å². The summed E-state index contributed by atoms with van der Waals surface area (Å²) < 4.78 is 22.7. The number of aliphatic hydroxyl groups excluding tert-OH is 8. The SMILES string of the molecule is CCCCCCCCCCCCC/C=C/[C@@H](O)[C@H](CO[C@@H]1OC(CO)[C@@H](O[C@@H]2OC(CO)[C@@H](O)[C@H](O)C2O)[C@H](O)C1O)NC(=O)CCCCCCCCCCCCCCCCCCCCCCCCC. The number of rotatable bonds is 46. The summed E-state index contributed by atoms with van der Waals surface area (Å²) in [6.45, 7) is 2.81. The van der Waals surface area contributed by atoms with Crippen LogP contribution in [0.15, 0.2) is 12.2 Å². The van der Waals surface area contributed by atoms with Crippen LogP contribution in [0.4, 0.5) is 0 Å². The van der Waals surface area contributed by atoms with Gasteiger partial charge in [-0.2, -0.15) is 0 Å². The normalized spacial score (nSPS) is 26.0. The molecule has 70 heavy (non-hydrogen) atoms. The van der Waals surface area contributed by atoms with Gasteiger partial charge in [-0.15, -0.1) is 0 Å². The summed E-state index contributed by atoms with van der Waals surface area (Å²) in [7, 11) is 0. The van der Waals surface area contributed by atoms with Gasteiger partial charge in [0, 0.05) is 6.42 Å². The van der Waals surface area contributed by atoms with E-state index in [-0.39, 0.29) is 18.9 Å². The van der Waals surface area contributed by atoms with Gasteiger partial charge >= 0.3 is 0 Å². The van der Waals surface area contributed by atoms with Crippen LogP contribution < -0.4 is 5.32 Å². The van der Waals surface area contributed by atoms with Crippen molar-refractivity contribution in [3.05, 3.63) is 12.2 Å². The number of unbranched alkanes of at least 4 members (excludes halogenated alkanes) is 33. The van der Waals surface area contributed by atoms with Crippen molar-refractivity contribution in [2.45, 2.75) is 319 Å². The maximum Gasteiger partial charge on any atom is 0.220 e. The van der Waals surface area contributed by atoms with Crippen LogP contribution in [0.3, 0.4) is 0 Å². The van der Waals surface area contributed by atoms with E-state index in [0.717, 1.165) is 38.5 Å². The Hall–Kier alpha value is -1.27. The number of aliphatic hydroxyl groups is 8. The van der Waals surface area contributed by atoms with Gasteiger partial charge in [0.05, 0.1) is 32.0 Å². The zero-order valence-electron chi connectivity index (χ0n) is 44.3. The van der Waals surface area contributed by atoms with Crippen molar-refractivity contribution in [2.75, 3.05) is 19.8 Å². The first kappa shape index (κ1) is 64.8. The van der Waals surface area contributed by atoms with Crippen LogP contribution in [0.5, 0.6) is 0 Å². The summed E-state index contributed by atoms with van der Waals surface area (Å²) in [5, 5.41) is 86.9. The minimum absolute atomic E-state index is 0.235. The Labute approximate surface area is 425 Å². The topological polar surface area (TPSA) is 228 Å². The summed E-state index contributed by atoms with van der Waals surface area (Å²) >= 11 is 0. The number of carbonyl (C=O) groups is 1. The van der Waals surface area contributed by atoms with Crippen molar-refractivity contribution in [1.29, 1.82) is 0 Å². The fourth-order valence-corrected chi connectivity index (χ4v) is 9.76. The molecule has 0 aromatic carbocycles. The predicted octanol–water partition coefficient (Wildman–Crippen LogP) is 9.11. The Morgan fingerprint density at radius 2 is 0.886 bits per heavy atom. The number of amides is 1. The third-order valence-electron chi connectivity index (χ3n) is 14.5. The maximum atomic E-state index is 13.2. The first-order valence-electron chi connectivity index (χ1n) is 28.9. The fraction of sp³-hybridized carbons (Fsp3) is 0.946. The van der Waals surface area contributed by atoms with Gasteiger partial charge in [0.25, 0.3) is 0 Å². The molecule has 0 bridgehead atoms. The lowest BCUT2D eigenvalue weighted by Crippen LogP contribution is -2.65. The summed E-state index contributed by atoms with van der Waals surface area (Å²) in [5.41, 5.74) is 0. The highest BCUT2D eigenvalue weighted by atomic mass is 16.7. The first-order valence-corrected chi connectivity index (χ1v) is 28.9. The Bertz CT molecular complexity index is 1230. The quantitative estimate of drug-likeness (QED) is 0.0205. The number of hydrogen-bond donors (Lipinski definition) is 9. The van der Waals surface area contributed by atoms with Crippen LogP contribution in [-0.2, 0) is 23.7 Å². The number of ether oxygens (including phenoxy) is 4. The largest absolute Gasteiger partial charge is 0.394 e. The lowest BCUT2D eigenvalue weighted by molar-refractivity contribution is -0.359. The van der Waals surface area contributed by atoms with Crippen LogP contribution in [0.25, 0.3) is 0 Å². The number of allylic oxidation sites excluding steroid dienone is 1. The summed E-state index contributed by atoms with van der Waals surface area (Å²) in [5.74, 6) is -0.235. The highest BCUT2D eigenvalue weighted by Crippen LogP contribution is 2.30.